The second kappa shape index (κ2) is 6.18. The number of Topliss-reactive ketones (excluding diaryl/α,β-unsaturated/α-hetero) is 1. The van der Waals surface area contributed by atoms with E-state index in [-0.39, 0.29) is 11.9 Å². The van der Waals surface area contributed by atoms with Crippen molar-refractivity contribution in [1.29, 1.82) is 0 Å². The minimum Gasteiger partial charge on any atom is -0.378 e. The Labute approximate surface area is 107 Å². The molecule has 0 aliphatic carbocycles. The van der Waals surface area contributed by atoms with Gasteiger partial charge in [-0.15, -0.1) is 0 Å². The molecule has 1 heterocycles. The van der Waals surface area contributed by atoms with Crippen molar-refractivity contribution in [3.05, 3.63) is 34.9 Å². The average Bonchev–Trinajstić information content (AvgIpc) is 2.37. The van der Waals surface area contributed by atoms with Crippen LogP contribution >= 0.6 is 11.6 Å². The van der Waals surface area contributed by atoms with Gasteiger partial charge in [-0.25, -0.2) is 0 Å². The van der Waals surface area contributed by atoms with Gasteiger partial charge in [-0.2, -0.15) is 0 Å². The molecule has 1 aromatic carbocycles. The largest absolute Gasteiger partial charge is 0.378 e. The van der Waals surface area contributed by atoms with E-state index in [1.807, 2.05) is 12.1 Å². The lowest BCUT2D eigenvalue weighted by atomic mass is 10.0. The van der Waals surface area contributed by atoms with Crippen LogP contribution in [0.3, 0.4) is 0 Å². The van der Waals surface area contributed by atoms with E-state index in [0.717, 1.165) is 25.9 Å². The molecule has 0 radical (unpaired) electrons. The molecule has 0 spiro atoms. The number of halogens is 1. The van der Waals surface area contributed by atoms with Crippen LogP contribution in [0.5, 0.6) is 0 Å². The first-order chi connectivity index (χ1) is 8.25. The van der Waals surface area contributed by atoms with Gasteiger partial charge in [0.1, 0.15) is 0 Å². The van der Waals surface area contributed by atoms with Gasteiger partial charge in [0.15, 0.2) is 5.78 Å². The van der Waals surface area contributed by atoms with Crippen molar-refractivity contribution in [2.75, 3.05) is 6.61 Å². The molecule has 1 atom stereocenters. The third kappa shape index (κ3) is 3.83. The number of benzene rings is 1. The fraction of sp³-hybridized carbons (Fsp3) is 0.500. The maximum atomic E-state index is 11.9. The van der Waals surface area contributed by atoms with E-state index in [9.17, 15) is 4.79 Å². The molecule has 0 saturated carbocycles. The summed E-state index contributed by atoms with van der Waals surface area (Å²) in [6, 6.07) is 7.14. The van der Waals surface area contributed by atoms with Crippen LogP contribution < -0.4 is 0 Å². The molecule has 0 amide bonds. The number of rotatable bonds is 4. The minimum atomic E-state index is 0.154. The van der Waals surface area contributed by atoms with Gasteiger partial charge in [-0.05, 0) is 37.8 Å². The molecule has 3 heteroatoms. The lowest BCUT2D eigenvalue weighted by molar-refractivity contribution is 0.0104. The first-order valence-corrected chi connectivity index (χ1v) is 6.54. The zero-order valence-electron chi connectivity index (χ0n) is 9.82. The monoisotopic (exact) mass is 252 g/mol. The van der Waals surface area contributed by atoms with Gasteiger partial charge >= 0.3 is 0 Å². The van der Waals surface area contributed by atoms with Crippen LogP contribution in [0.25, 0.3) is 0 Å². The van der Waals surface area contributed by atoms with E-state index in [0.29, 0.717) is 17.0 Å². The molecule has 2 rings (SSSR count). The number of carbonyl (C=O) groups is 1. The van der Waals surface area contributed by atoms with Gasteiger partial charge in [-0.3, -0.25) is 4.79 Å². The van der Waals surface area contributed by atoms with Crippen LogP contribution in [0.1, 0.15) is 42.5 Å². The normalized spacial score (nSPS) is 20.2. The summed E-state index contributed by atoms with van der Waals surface area (Å²) in [6.07, 6.45) is 5.10. The molecule has 0 N–H and O–H groups in total. The summed E-state index contributed by atoms with van der Waals surface area (Å²) in [4.78, 5) is 11.9. The lowest BCUT2D eigenvalue weighted by Crippen LogP contribution is -2.20. The topological polar surface area (TPSA) is 26.3 Å². The van der Waals surface area contributed by atoms with Gasteiger partial charge in [0.2, 0.25) is 0 Å². The summed E-state index contributed by atoms with van der Waals surface area (Å²) in [6.45, 7) is 0.843. The highest BCUT2D eigenvalue weighted by Gasteiger charge is 2.15. The standard InChI is InChI=1S/C14H17ClO2/c15-12-5-3-4-11(10-12)14(16)8-7-13-6-1-2-9-17-13/h3-5,10,13H,1-2,6-9H2. The number of carbonyl (C=O) groups excluding carboxylic acids is 1. The second-order valence-corrected chi connectivity index (χ2v) is 4.90. The zero-order valence-corrected chi connectivity index (χ0v) is 10.6. The average molecular weight is 253 g/mol. The highest BCUT2D eigenvalue weighted by atomic mass is 35.5. The SMILES string of the molecule is O=C(CCC1CCCCO1)c1cccc(Cl)c1. The van der Waals surface area contributed by atoms with E-state index in [4.69, 9.17) is 16.3 Å². The molecule has 1 unspecified atom stereocenters. The van der Waals surface area contributed by atoms with E-state index in [1.165, 1.54) is 6.42 Å². The van der Waals surface area contributed by atoms with Crippen LogP contribution in [0.2, 0.25) is 5.02 Å². The fourth-order valence-electron chi connectivity index (χ4n) is 2.13. The molecule has 1 aliphatic rings. The van der Waals surface area contributed by atoms with Crippen molar-refractivity contribution in [2.45, 2.75) is 38.2 Å². The summed E-state index contributed by atoms with van der Waals surface area (Å²) in [5.41, 5.74) is 0.702. The summed E-state index contributed by atoms with van der Waals surface area (Å²) in [7, 11) is 0. The Kier molecular flexibility index (Phi) is 4.57. The third-order valence-electron chi connectivity index (χ3n) is 3.11. The van der Waals surface area contributed by atoms with Crippen molar-refractivity contribution < 1.29 is 9.53 Å². The molecular weight excluding hydrogens is 236 g/mol. The van der Waals surface area contributed by atoms with Crippen LogP contribution in [0.4, 0.5) is 0 Å². The summed E-state index contributed by atoms with van der Waals surface area (Å²) >= 11 is 5.86. The van der Waals surface area contributed by atoms with Gasteiger partial charge in [0.25, 0.3) is 0 Å². The Bertz CT molecular complexity index is 384. The third-order valence-corrected chi connectivity index (χ3v) is 3.35. The van der Waals surface area contributed by atoms with E-state index >= 15 is 0 Å². The summed E-state index contributed by atoms with van der Waals surface area (Å²) in [5, 5.41) is 0.616. The molecule has 1 aliphatic heterocycles. The predicted octanol–water partition coefficient (Wildman–Crippen LogP) is 3.87. The Balaban J connectivity index is 1.84. The maximum absolute atomic E-state index is 11.9. The molecular formula is C14H17ClO2. The molecule has 1 aromatic rings. The number of ether oxygens (including phenoxy) is 1. The quantitative estimate of drug-likeness (QED) is 0.761. The molecule has 1 saturated heterocycles. The smallest absolute Gasteiger partial charge is 0.163 e. The highest BCUT2D eigenvalue weighted by molar-refractivity contribution is 6.31. The molecule has 2 nitrogen and oxygen atoms in total. The van der Waals surface area contributed by atoms with Crippen LogP contribution in [0, 0.1) is 0 Å². The van der Waals surface area contributed by atoms with E-state index < -0.39 is 0 Å². The molecule has 0 bridgehead atoms. The Morgan fingerprint density at radius 3 is 3.00 bits per heavy atom. The van der Waals surface area contributed by atoms with E-state index in [1.54, 1.807) is 12.1 Å². The Morgan fingerprint density at radius 2 is 2.29 bits per heavy atom. The number of hydrogen-bond donors (Lipinski definition) is 0. The molecule has 92 valence electrons. The van der Waals surface area contributed by atoms with Crippen molar-refractivity contribution in [3.63, 3.8) is 0 Å². The van der Waals surface area contributed by atoms with Crippen LogP contribution in [-0.2, 0) is 4.74 Å². The minimum absolute atomic E-state index is 0.154. The van der Waals surface area contributed by atoms with Gasteiger partial charge in [-0.1, -0.05) is 23.7 Å². The summed E-state index contributed by atoms with van der Waals surface area (Å²) < 4.78 is 5.61. The van der Waals surface area contributed by atoms with Crippen molar-refractivity contribution >= 4 is 17.4 Å². The zero-order chi connectivity index (χ0) is 12.1. The van der Waals surface area contributed by atoms with Gasteiger partial charge < -0.3 is 4.74 Å². The van der Waals surface area contributed by atoms with Crippen molar-refractivity contribution in [1.82, 2.24) is 0 Å². The fourth-order valence-corrected chi connectivity index (χ4v) is 2.32. The Hall–Kier alpha value is -0.860. The first-order valence-electron chi connectivity index (χ1n) is 6.16. The van der Waals surface area contributed by atoms with Crippen LogP contribution in [-0.4, -0.2) is 18.5 Å². The lowest BCUT2D eigenvalue weighted by Gasteiger charge is -2.22. The van der Waals surface area contributed by atoms with Gasteiger partial charge in [0.05, 0.1) is 6.10 Å². The summed E-state index contributed by atoms with van der Waals surface area (Å²) in [5.74, 6) is 0.154. The highest BCUT2D eigenvalue weighted by Crippen LogP contribution is 2.19. The number of ketones is 1. The maximum Gasteiger partial charge on any atom is 0.163 e. The predicted molar refractivity (Wildman–Crippen MR) is 68.6 cm³/mol. The molecule has 0 aromatic heterocycles. The van der Waals surface area contributed by atoms with E-state index in [2.05, 4.69) is 0 Å². The second-order valence-electron chi connectivity index (χ2n) is 4.46. The molecule has 1 fully saturated rings. The Morgan fingerprint density at radius 1 is 1.41 bits per heavy atom. The molecule has 17 heavy (non-hydrogen) atoms. The van der Waals surface area contributed by atoms with Gasteiger partial charge in [0, 0.05) is 23.6 Å². The number of hydrogen-bond acceptors (Lipinski definition) is 2. The van der Waals surface area contributed by atoms with Crippen LogP contribution in [0.15, 0.2) is 24.3 Å². The van der Waals surface area contributed by atoms with Crippen molar-refractivity contribution in [3.8, 4) is 0 Å². The first kappa shape index (κ1) is 12.6. The van der Waals surface area contributed by atoms with Crippen molar-refractivity contribution in [2.24, 2.45) is 0 Å².